The summed E-state index contributed by atoms with van der Waals surface area (Å²) in [6.07, 6.45) is 2.23. The minimum absolute atomic E-state index is 0.0521. The highest BCUT2D eigenvalue weighted by Crippen LogP contribution is 2.19. The van der Waals surface area contributed by atoms with Gasteiger partial charge in [0.25, 0.3) is 0 Å². The van der Waals surface area contributed by atoms with Crippen LogP contribution in [0.1, 0.15) is 35.7 Å². The standard InChI is InChI=1S/C12H19N7/c1-4-19-12(14-7-15-19)6-11(16-13)10-5-8(2)17-18-9(10)3/h5,7,11,16H,4,6,13H2,1-3H3. The van der Waals surface area contributed by atoms with Gasteiger partial charge in [-0.15, -0.1) is 0 Å². The van der Waals surface area contributed by atoms with Crippen LogP contribution in [0.15, 0.2) is 12.4 Å². The van der Waals surface area contributed by atoms with Gasteiger partial charge in [0.05, 0.1) is 17.4 Å². The minimum atomic E-state index is -0.0521. The highest BCUT2D eigenvalue weighted by Gasteiger charge is 2.17. The number of hydrazine groups is 1. The molecule has 0 aromatic carbocycles. The van der Waals surface area contributed by atoms with Crippen LogP contribution in [-0.2, 0) is 13.0 Å². The molecule has 0 radical (unpaired) electrons. The van der Waals surface area contributed by atoms with Gasteiger partial charge in [0.15, 0.2) is 0 Å². The summed E-state index contributed by atoms with van der Waals surface area (Å²) in [4.78, 5) is 4.27. The van der Waals surface area contributed by atoms with E-state index in [2.05, 4.69) is 25.7 Å². The van der Waals surface area contributed by atoms with Crippen LogP contribution in [0.2, 0.25) is 0 Å². The van der Waals surface area contributed by atoms with Crippen molar-refractivity contribution in [2.45, 2.75) is 39.8 Å². The van der Waals surface area contributed by atoms with Crippen LogP contribution in [0.5, 0.6) is 0 Å². The van der Waals surface area contributed by atoms with E-state index >= 15 is 0 Å². The number of nitrogens with two attached hydrogens (primary N) is 1. The van der Waals surface area contributed by atoms with Crippen molar-refractivity contribution in [3.05, 3.63) is 35.2 Å². The second-order valence-corrected chi connectivity index (χ2v) is 4.44. The first kappa shape index (κ1) is 13.6. The van der Waals surface area contributed by atoms with Crippen LogP contribution >= 0.6 is 0 Å². The molecule has 0 aliphatic carbocycles. The van der Waals surface area contributed by atoms with Crippen LogP contribution in [-0.4, -0.2) is 25.0 Å². The number of hydrogen-bond acceptors (Lipinski definition) is 6. The summed E-state index contributed by atoms with van der Waals surface area (Å²) in [6.45, 7) is 6.67. The van der Waals surface area contributed by atoms with Crippen LogP contribution in [0, 0.1) is 13.8 Å². The topological polar surface area (TPSA) is 94.5 Å². The average Bonchev–Trinajstić information content (AvgIpc) is 2.86. The fourth-order valence-electron chi connectivity index (χ4n) is 2.07. The Morgan fingerprint density at radius 2 is 2.16 bits per heavy atom. The van der Waals surface area contributed by atoms with Crippen LogP contribution in [0.25, 0.3) is 0 Å². The molecule has 2 rings (SSSR count). The number of aryl methyl sites for hydroxylation is 3. The molecule has 0 spiro atoms. The predicted octanol–water partition coefficient (Wildman–Crippen LogP) is 0.452. The van der Waals surface area contributed by atoms with Crippen molar-refractivity contribution in [3.63, 3.8) is 0 Å². The molecular weight excluding hydrogens is 242 g/mol. The zero-order valence-corrected chi connectivity index (χ0v) is 11.5. The monoisotopic (exact) mass is 261 g/mol. The number of aromatic nitrogens is 5. The van der Waals surface area contributed by atoms with E-state index in [1.165, 1.54) is 0 Å². The second kappa shape index (κ2) is 5.85. The summed E-state index contributed by atoms with van der Waals surface area (Å²) in [5, 5.41) is 12.3. The Kier molecular flexibility index (Phi) is 4.18. The summed E-state index contributed by atoms with van der Waals surface area (Å²) in [6, 6.07) is 1.95. The lowest BCUT2D eigenvalue weighted by molar-refractivity contribution is 0.505. The Morgan fingerprint density at radius 3 is 2.84 bits per heavy atom. The van der Waals surface area contributed by atoms with Gasteiger partial charge < -0.3 is 0 Å². The zero-order valence-electron chi connectivity index (χ0n) is 11.5. The molecule has 0 amide bonds. The summed E-state index contributed by atoms with van der Waals surface area (Å²) < 4.78 is 1.86. The number of hydrogen-bond donors (Lipinski definition) is 2. The molecule has 0 bridgehead atoms. The van der Waals surface area contributed by atoms with Crippen LogP contribution in [0.3, 0.4) is 0 Å². The Hall–Kier alpha value is -1.86. The summed E-state index contributed by atoms with van der Waals surface area (Å²) in [5.74, 6) is 6.58. The molecule has 0 saturated heterocycles. The maximum atomic E-state index is 5.68. The highest BCUT2D eigenvalue weighted by atomic mass is 15.3. The lowest BCUT2D eigenvalue weighted by atomic mass is 10.0. The summed E-state index contributed by atoms with van der Waals surface area (Å²) in [5.41, 5.74) is 5.61. The van der Waals surface area contributed by atoms with Gasteiger partial charge in [0, 0.05) is 13.0 Å². The molecular formula is C12H19N7. The van der Waals surface area contributed by atoms with Crippen molar-refractivity contribution in [1.29, 1.82) is 0 Å². The molecule has 7 heteroatoms. The number of nitrogens with zero attached hydrogens (tertiary/aromatic N) is 5. The molecule has 19 heavy (non-hydrogen) atoms. The average molecular weight is 261 g/mol. The summed E-state index contributed by atoms with van der Waals surface area (Å²) in [7, 11) is 0. The van der Waals surface area contributed by atoms with E-state index in [4.69, 9.17) is 5.84 Å². The maximum Gasteiger partial charge on any atom is 0.138 e. The Labute approximate surface area is 112 Å². The van der Waals surface area contributed by atoms with Crippen molar-refractivity contribution in [2.75, 3.05) is 0 Å². The van der Waals surface area contributed by atoms with E-state index < -0.39 is 0 Å². The molecule has 2 heterocycles. The van der Waals surface area contributed by atoms with E-state index in [9.17, 15) is 0 Å². The lowest BCUT2D eigenvalue weighted by Crippen LogP contribution is -2.31. The minimum Gasteiger partial charge on any atom is -0.271 e. The Balaban J connectivity index is 2.27. The number of rotatable bonds is 5. The van der Waals surface area contributed by atoms with Gasteiger partial charge >= 0.3 is 0 Å². The van der Waals surface area contributed by atoms with Gasteiger partial charge in [-0.3, -0.25) is 16.0 Å². The van der Waals surface area contributed by atoms with Crippen molar-refractivity contribution < 1.29 is 0 Å². The second-order valence-electron chi connectivity index (χ2n) is 4.44. The molecule has 7 nitrogen and oxygen atoms in total. The quantitative estimate of drug-likeness (QED) is 0.599. The Bertz CT molecular complexity index is 549. The molecule has 0 fully saturated rings. The van der Waals surface area contributed by atoms with Crippen LogP contribution in [0.4, 0.5) is 0 Å². The third-order valence-electron chi connectivity index (χ3n) is 3.10. The molecule has 0 saturated carbocycles. The molecule has 1 unspecified atom stereocenters. The van der Waals surface area contributed by atoms with E-state index in [-0.39, 0.29) is 6.04 Å². The smallest absolute Gasteiger partial charge is 0.138 e. The first-order valence-corrected chi connectivity index (χ1v) is 6.29. The van der Waals surface area contributed by atoms with Crippen molar-refractivity contribution in [2.24, 2.45) is 5.84 Å². The van der Waals surface area contributed by atoms with Gasteiger partial charge in [-0.05, 0) is 32.4 Å². The van der Waals surface area contributed by atoms with E-state index in [1.807, 2.05) is 31.5 Å². The maximum absolute atomic E-state index is 5.68. The van der Waals surface area contributed by atoms with Gasteiger partial charge in [-0.25, -0.2) is 4.98 Å². The molecule has 3 N–H and O–H groups in total. The van der Waals surface area contributed by atoms with Gasteiger partial charge in [0.2, 0.25) is 0 Å². The molecule has 0 aliphatic rings. The van der Waals surface area contributed by atoms with Crippen LogP contribution < -0.4 is 11.3 Å². The fraction of sp³-hybridized carbons (Fsp3) is 0.500. The first-order chi connectivity index (χ1) is 9.15. The highest BCUT2D eigenvalue weighted by molar-refractivity contribution is 5.24. The normalized spacial score (nSPS) is 12.6. The third-order valence-corrected chi connectivity index (χ3v) is 3.10. The first-order valence-electron chi connectivity index (χ1n) is 6.29. The molecule has 2 aromatic heterocycles. The van der Waals surface area contributed by atoms with Crippen molar-refractivity contribution >= 4 is 0 Å². The van der Waals surface area contributed by atoms with E-state index in [0.29, 0.717) is 6.42 Å². The summed E-state index contributed by atoms with van der Waals surface area (Å²) >= 11 is 0. The molecule has 1 atom stereocenters. The SMILES string of the molecule is CCn1ncnc1CC(NN)c1cc(C)nnc1C. The Morgan fingerprint density at radius 1 is 1.37 bits per heavy atom. The fourth-order valence-corrected chi connectivity index (χ4v) is 2.07. The third kappa shape index (κ3) is 2.94. The lowest BCUT2D eigenvalue weighted by Gasteiger charge is -2.17. The van der Waals surface area contributed by atoms with Gasteiger partial charge in [0.1, 0.15) is 12.2 Å². The van der Waals surface area contributed by atoms with E-state index in [1.54, 1.807) is 6.33 Å². The van der Waals surface area contributed by atoms with Crippen molar-refractivity contribution in [3.8, 4) is 0 Å². The molecule has 102 valence electrons. The van der Waals surface area contributed by atoms with Gasteiger partial charge in [-0.2, -0.15) is 15.3 Å². The zero-order chi connectivity index (χ0) is 13.8. The van der Waals surface area contributed by atoms with Crippen molar-refractivity contribution in [1.82, 2.24) is 30.4 Å². The van der Waals surface area contributed by atoms with Gasteiger partial charge in [-0.1, -0.05) is 0 Å². The molecule has 0 aliphatic heterocycles. The molecule has 2 aromatic rings. The largest absolute Gasteiger partial charge is 0.271 e. The van der Waals surface area contributed by atoms with E-state index in [0.717, 1.165) is 29.3 Å². The predicted molar refractivity (Wildman–Crippen MR) is 71.0 cm³/mol. The number of nitrogens with one attached hydrogen (secondary N) is 1.